The van der Waals surface area contributed by atoms with Crippen molar-refractivity contribution in [1.82, 2.24) is 4.57 Å². The van der Waals surface area contributed by atoms with Crippen LogP contribution in [0, 0.1) is 0 Å². The van der Waals surface area contributed by atoms with E-state index in [1.165, 1.54) is 204 Å². The molecule has 2 nitrogen and oxygen atoms in total. The molecule has 0 saturated heterocycles. The number of aromatic nitrogens is 2. The zero-order chi connectivity index (χ0) is 30.5. The summed E-state index contributed by atoms with van der Waals surface area (Å²) in [4.78, 5) is 0. The van der Waals surface area contributed by atoms with Gasteiger partial charge in [0.25, 0.3) is 5.82 Å². The van der Waals surface area contributed by atoms with Crippen molar-refractivity contribution in [2.75, 3.05) is 0 Å². The molecule has 0 aliphatic carbocycles. The molecule has 1 aromatic heterocycles. The van der Waals surface area contributed by atoms with Crippen LogP contribution in [0.3, 0.4) is 0 Å². The van der Waals surface area contributed by atoms with Gasteiger partial charge in [-0.2, -0.15) is 4.57 Å². The van der Waals surface area contributed by atoms with E-state index in [0.717, 1.165) is 0 Å². The Hall–Kier alpha value is -1.57. The molecule has 0 saturated carbocycles. The number of nitrogens with zero attached hydrogens (tertiary/aromatic N) is 2. The first-order valence-corrected chi connectivity index (χ1v) is 19.5. The topological polar surface area (TPSA) is 8.81 Å². The van der Waals surface area contributed by atoms with Gasteiger partial charge in [-0.15, -0.1) is 0 Å². The molecule has 0 bridgehead atoms. The van der Waals surface area contributed by atoms with E-state index < -0.39 is 0 Å². The maximum Gasteiger partial charge on any atom is 0.261 e. The van der Waals surface area contributed by atoms with Gasteiger partial charge in [-0.3, -0.25) is 0 Å². The predicted octanol–water partition coefficient (Wildman–Crippen LogP) is 13.3. The summed E-state index contributed by atoms with van der Waals surface area (Å²) in [6.45, 7) is 5.78. The highest BCUT2D eigenvalue weighted by molar-refractivity contribution is 5.31. The zero-order valence-corrected chi connectivity index (χ0v) is 29.1. The molecule has 1 aromatic carbocycles. The average Bonchev–Trinajstić information content (AvgIpc) is 3.44. The lowest BCUT2D eigenvalue weighted by Crippen LogP contribution is -2.37. The van der Waals surface area contributed by atoms with E-state index in [9.17, 15) is 0 Å². The summed E-state index contributed by atoms with van der Waals surface area (Å²) in [6, 6.07) is 11.0. The van der Waals surface area contributed by atoms with Crippen molar-refractivity contribution in [1.29, 1.82) is 0 Å². The molecule has 2 heteroatoms. The number of imidazole rings is 1. The van der Waals surface area contributed by atoms with Crippen molar-refractivity contribution >= 4 is 0 Å². The maximum atomic E-state index is 2.56. The monoisotopic (exact) mass is 594 g/mol. The number of rotatable bonds is 31. The van der Waals surface area contributed by atoms with E-state index in [0.29, 0.717) is 0 Å². The van der Waals surface area contributed by atoms with Gasteiger partial charge in [-0.1, -0.05) is 193 Å². The third-order valence-electron chi connectivity index (χ3n) is 9.55. The highest BCUT2D eigenvalue weighted by Gasteiger charge is 2.18. The highest BCUT2D eigenvalue weighted by Crippen LogP contribution is 2.17. The quantitative estimate of drug-likeness (QED) is 0.0607. The first-order valence-electron chi connectivity index (χ1n) is 19.5. The van der Waals surface area contributed by atoms with Crippen LogP contribution in [-0.2, 0) is 13.0 Å². The number of aryl methyl sites for hydroxylation is 1. The van der Waals surface area contributed by atoms with Gasteiger partial charge in [0.2, 0.25) is 0 Å². The van der Waals surface area contributed by atoms with Gasteiger partial charge in [-0.25, -0.2) is 4.57 Å². The summed E-state index contributed by atoms with van der Waals surface area (Å²) in [6.07, 6.45) is 45.7. The molecule has 0 spiro atoms. The Morgan fingerprint density at radius 3 is 1.23 bits per heavy atom. The second-order valence-electron chi connectivity index (χ2n) is 13.6. The van der Waals surface area contributed by atoms with Crippen molar-refractivity contribution in [3.8, 4) is 5.69 Å². The van der Waals surface area contributed by atoms with Crippen LogP contribution in [0.4, 0.5) is 0 Å². The third kappa shape index (κ3) is 19.4. The van der Waals surface area contributed by atoms with Crippen LogP contribution < -0.4 is 4.57 Å². The highest BCUT2D eigenvalue weighted by atomic mass is 15.1. The Kier molecular flexibility index (Phi) is 24.4. The Bertz CT molecular complexity index is 839. The summed E-state index contributed by atoms with van der Waals surface area (Å²) < 4.78 is 5.02. The molecule has 0 amide bonds. The van der Waals surface area contributed by atoms with Crippen LogP contribution >= 0.6 is 0 Å². The normalized spacial score (nSPS) is 11.5. The summed E-state index contributed by atoms with van der Waals surface area (Å²) in [5, 5.41) is 0. The summed E-state index contributed by atoms with van der Waals surface area (Å²) in [7, 11) is 0. The van der Waals surface area contributed by atoms with Crippen molar-refractivity contribution in [2.45, 2.75) is 207 Å². The first-order chi connectivity index (χ1) is 21.4. The number of benzene rings is 1. The van der Waals surface area contributed by atoms with E-state index in [-0.39, 0.29) is 0 Å². The molecular weight excluding hydrogens is 520 g/mol. The van der Waals surface area contributed by atoms with Gasteiger partial charge in [0.05, 0.1) is 6.54 Å². The van der Waals surface area contributed by atoms with Gasteiger partial charge >= 0.3 is 0 Å². The molecular formula is C41H73N2+. The lowest BCUT2D eigenvalue weighted by molar-refractivity contribution is -0.704. The summed E-state index contributed by atoms with van der Waals surface area (Å²) in [5.41, 5.74) is 1.31. The molecule has 0 radical (unpaired) electrons. The van der Waals surface area contributed by atoms with E-state index in [4.69, 9.17) is 0 Å². The first kappa shape index (κ1) is 37.6. The molecule has 0 aliphatic rings. The largest absolute Gasteiger partial charge is 0.261 e. The standard InChI is InChI=1S/C41H73N2/c1-3-5-7-9-11-13-15-17-18-19-21-23-25-27-32-36-41-42(38-39-43(41)40-34-30-29-31-35-40)37-33-28-26-24-22-20-16-14-12-10-8-6-4-2/h29-31,34-35,38-39H,3-28,32-33,36-37H2,1-2H3/q+1. The predicted molar refractivity (Wildman–Crippen MR) is 190 cm³/mol. The minimum absolute atomic E-state index is 1.17. The molecule has 1 heterocycles. The van der Waals surface area contributed by atoms with Crippen LogP contribution in [0.15, 0.2) is 42.7 Å². The van der Waals surface area contributed by atoms with E-state index in [2.05, 4.69) is 65.7 Å². The van der Waals surface area contributed by atoms with Gasteiger partial charge in [-0.05, 0) is 31.4 Å². The smallest absolute Gasteiger partial charge is 0.234 e. The molecule has 0 fully saturated rings. The van der Waals surface area contributed by atoms with Crippen molar-refractivity contribution in [3.63, 3.8) is 0 Å². The van der Waals surface area contributed by atoms with Gasteiger partial charge in [0.15, 0.2) is 0 Å². The number of hydrogen-bond donors (Lipinski definition) is 0. The van der Waals surface area contributed by atoms with Crippen LogP contribution in [0.1, 0.15) is 199 Å². The Balaban J connectivity index is 1.57. The van der Waals surface area contributed by atoms with E-state index >= 15 is 0 Å². The van der Waals surface area contributed by atoms with Crippen LogP contribution in [0.5, 0.6) is 0 Å². The maximum absolute atomic E-state index is 2.56. The number of hydrogen-bond acceptors (Lipinski definition) is 0. The molecule has 0 unspecified atom stereocenters. The SMILES string of the molecule is CCCCCCCCCCCCCCCCCc1n(-c2ccccc2)cc[n+]1CCCCCCCCCCCCCCC. The fourth-order valence-electron chi connectivity index (χ4n) is 6.70. The second kappa shape index (κ2) is 27.9. The molecule has 0 N–H and O–H groups in total. The molecule has 246 valence electrons. The molecule has 2 rings (SSSR count). The lowest BCUT2D eigenvalue weighted by Gasteiger charge is -2.07. The fraction of sp³-hybridized carbons (Fsp3) is 0.780. The molecule has 0 aliphatic heterocycles. The third-order valence-corrected chi connectivity index (χ3v) is 9.55. The van der Waals surface area contributed by atoms with Crippen LogP contribution in [-0.4, -0.2) is 4.57 Å². The number of unbranched alkanes of at least 4 members (excludes halogenated alkanes) is 26. The summed E-state index contributed by atoms with van der Waals surface area (Å²) in [5.74, 6) is 1.50. The Morgan fingerprint density at radius 2 is 0.814 bits per heavy atom. The minimum Gasteiger partial charge on any atom is -0.234 e. The van der Waals surface area contributed by atoms with Gasteiger partial charge < -0.3 is 0 Å². The minimum atomic E-state index is 1.17. The zero-order valence-electron chi connectivity index (χ0n) is 29.1. The Labute approximate surface area is 269 Å². The number of para-hydroxylation sites is 1. The van der Waals surface area contributed by atoms with Crippen molar-refractivity contribution < 1.29 is 4.57 Å². The van der Waals surface area contributed by atoms with Crippen molar-refractivity contribution in [2.24, 2.45) is 0 Å². The Morgan fingerprint density at radius 1 is 0.442 bits per heavy atom. The fourth-order valence-corrected chi connectivity index (χ4v) is 6.70. The van der Waals surface area contributed by atoms with E-state index in [1.807, 2.05) is 0 Å². The van der Waals surface area contributed by atoms with Crippen molar-refractivity contribution in [3.05, 3.63) is 48.5 Å². The van der Waals surface area contributed by atoms with E-state index in [1.54, 1.807) is 0 Å². The van der Waals surface area contributed by atoms with Crippen LogP contribution in [0.25, 0.3) is 5.69 Å². The second-order valence-corrected chi connectivity index (χ2v) is 13.6. The lowest BCUT2D eigenvalue weighted by atomic mass is 10.0. The molecule has 43 heavy (non-hydrogen) atoms. The molecule has 0 atom stereocenters. The van der Waals surface area contributed by atoms with Gasteiger partial charge in [0.1, 0.15) is 18.1 Å². The average molecular weight is 594 g/mol. The molecule has 2 aromatic rings. The van der Waals surface area contributed by atoms with Gasteiger partial charge in [0, 0.05) is 6.42 Å². The van der Waals surface area contributed by atoms with Crippen LogP contribution in [0.2, 0.25) is 0 Å². The summed E-state index contributed by atoms with van der Waals surface area (Å²) >= 11 is 0.